The van der Waals surface area contributed by atoms with Gasteiger partial charge in [0.2, 0.25) is 0 Å². The largest absolute Gasteiger partial charge is 0.496 e. The van der Waals surface area contributed by atoms with E-state index in [1.54, 1.807) is 35.5 Å². The van der Waals surface area contributed by atoms with Gasteiger partial charge in [0.05, 0.1) is 19.2 Å². The van der Waals surface area contributed by atoms with E-state index >= 15 is 0 Å². The zero-order chi connectivity index (χ0) is 20.2. The Bertz CT molecular complexity index is 1020. The molecule has 1 atom stereocenters. The number of esters is 1. The van der Waals surface area contributed by atoms with E-state index in [9.17, 15) is 9.59 Å². The van der Waals surface area contributed by atoms with Crippen LogP contribution in [0.5, 0.6) is 5.75 Å². The number of amides is 1. The number of hydrogen-bond donors (Lipinski definition) is 0. The fourth-order valence-corrected chi connectivity index (χ4v) is 4.23. The number of nitrogens with zero attached hydrogens (tertiary/aromatic N) is 1. The predicted octanol–water partition coefficient (Wildman–Crippen LogP) is 4.07. The average Bonchev–Trinajstić information content (AvgIpc) is 3.26. The van der Waals surface area contributed by atoms with Crippen LogP contribution in [0.4, 0.5) is 0 Å². The van der Waals surface area contributed by atoms with E-state index in [-0.39, 0.29) is 5.91 Å². The molecule has 0 saturated carbocycles. The van der Waals surface area contributed by atoms with Gasteiger partial charge in [-0.05, 0) is 29.1 Å². The van der Waals surface area contributed by atoms with Gasteiger partial charge in [0.15, 0.2) is 6.10 Å². The first-order valence-electron chi connectivity index (χ1n) is 9.37. The number of methoxy groups -OCH3 is 1. The number of para-hydroxylation sites is 1. The normalized spacial score (nSPS) is 15.3. The van der Waals surface area contributed by atoms with Crippen LogP contribution >= 0.6 is 11.3 Å². The number of hydrogen-bond acceptors (Lipinski definition) is 5. The van der Waals surface area contributed by atoms with Crippen molar-refractivity contribution in [2.75, 3.05) is 7.11 Å². The molecular formula is C23H21NO4S. The Balaban J connectivity index is 1.60. The van der Waals surface area contributed by atoms with Crippen LogP contribution in [-0.4, -0.2) is 30.0 Å². The molecule has 2 heterocycles. The number of rotatable bonds is 6. The first-order valence-corrected chi connectivity index (χ1v) is 10.3. The van der Waals surface area contributed by atoms with Crippen LogP contribution in [-0.2, 0) is 29.0 Å². The lowest BCUT2D eigenvalue weighted by atomic mass is 9.98. The van der Waals surface area contributed by atoms with Gasteiger partial charge >= 0.3 is 5.97 Å². The highest BCUT2D eigenvalue weighted by atomic mass is 32.1. The summed E-state index contributed by atoms with van der Waals surface area (Å²) in [4.78, 5) is 28.6. The van der Waals surface area contributed by atoms with Gasteiger partial charge in [-0.2, -0.15) is 0 Å². The first-order chi connectivity index (χ1) is 14.2. The van der Waals surface area contributed by atoms with Crippen LogP contribution in [0.1, 0.15) is 26.4 Å². The van der Waals surface area contributed by atoms with Crippen molar-refractivity contribution in [2.24, 2.45) is 0 Å². The van der Waals surface area contributed by atoms with Gasteiger partial charge < -0.3 is 14.4 Å². The maximum Gasteiger partial charge on any atom is 0.339 e. The second-order valence-corrected chi connectivity index (χ2v) is 7.87. The van der Waals surface area contributed by atoms with Gasteiger partial charge in [-0.3, -0.25) is 4.79 Å². The van der Waals surface area contributed by atoms with Crippen molar-refractivity contribution in [3.05, 3.63) is 87.6 Å². The fraction of sp³-hybridized carbons (Fsp3) is 0.217. The summed E-state index contributed by atoms with van der Waals surface area (Å²) >= 11 is 1.59. The summed E-state index contributed by atoms with van der Waals surface area (Å²) in [5.41, 5.74) is 2.28. The van der Waals surface area contributed by atoms with E-state index in [2.05, 4.69) is 0 Å². The fourth-order valence-electron chi connectivity index (χ4n) is 3.51. The van der Waals surface area contributed by atoms with E-state index in [4.69, 9.17) is 9.47 Å². The molecule has 0 radical (unpaired) electrons. The molecule has 0 fully saturated rings. The maximum atomic E-state index is 13.4. The molecule has 0 N–H and O–H groups in total. The van der Waals surface area contributed by atoms with Crippen molar-refractivity contribution in [3.8, 4) is 5.75 Å². The standard InChI is InChI=1S/C23H21NO4S/c1-27-20-11-5-3-8-17(20)14-24(15-18-9-6-12-29-18)22(25)21-13-16-7-2-4-10-19(16)23(26)28-21/h2-12,21H,13-15H2,1H3/t21-/m1/s1. The molecule has 1 aromatic heterocycles. The molecule has 1 aliphatic heterocycles. The van der Waals surface area contributed by atoms with Gasteiger partial charge in [-0.25, -0.2) is 4.79 Å². The Labute approximate surface area is 173 Å². The smallest absolute Gasteiger partial charge is 0.339 e. The third-order valence-corrected chi connectivity index (χ3v) is 5.82. The number of carbonyl (C=O) groups is 2. The minimum atomic E-state index is -0.827. The summed E-state index contributed by atoms with van der Waals surface area (Å²) in [7, 11) is 1.62. The van der Waals surface area contributed by atoms with E-state index in [1.807, 2.05) is 53.9 Å². The zero-order valence-corrected chi connectivity index (χ0v) is 16.9. The van der Waals surface area contributed by atoms with Gasteiger partial charge in [-0.1, -0.05) is 42.5 Å². The minimum Gasteiger partial charge on any atom is -0.496 e. The molecule has 3 aromatic rings. The maximum absolute atomic E-state index is 13.4. The van der Waals surface area contributed by atoms with Gasteiger partial charge in [0, 0.05) is 23.4 Å². The lowest BCUT2D eigenvalue weighted by Crippen LogP contribution is -2.43. The summed E-state index contributed by atoms with van der Waals surface area (Å²) in [5, 5.41) is 1.98. The van der Waals surface area contributed by atoms with E-state index in [0.29, 0.717) is 25.1 Å². The van der Waals surface area contributed by atoms with Crippen LogP contribution in [0.25, 0.3) is 0 Å². The Morgan fingerprint density at radius 3 is 2.69 bits per heavy atom. The van der Waals surface area contributed by atoms with Crippen LogP contribution in [0, 0.1) is 0 Å². The SMILES string of the molecule is COc1ccccc1CN(Cc1cccs1)C(=O)[C@H]1Cc2ccccc2C(=O)O1. The summed E-state index contributed by atoms with van der Waals surface area (Å²) in [5.74, 6) is 0.0770. The third-order valence-electron chi connectivity index (χ3n) is 4.96. The molecule has 1 amide bonds. The summed E-state index contributed by atoms with van der Waals surface area (Å²) in [6.07, 6.45) is -0.444. The van der Waals surface area contributed by atoms with Crippen LogP contribution < -0.4 is 4.74 Å². The molecule has 29 heavy (non-hydrogen) atoms. The molecule has 5 nitrogen and oxygen atoms in total. The molecule has 148 valence electrons. The molecule has 0 bridgehead atoms. The van der Waals surface area contributed by atoms with Crippen molar-refractivity contribution in [3.63, 3.8) is 0 Å². The number of cyclic esters (lactones) is 1. The van der Waals surface area contributed by atoms with E-state index in [0.717, 1.165) is 21.8 Å². The second-order valence-electron chi connectivity index (χ2n) is 6.84. The Morgan fingerprint density at radius 1 is 1.10 bits per heavy atom. The average molecular weight is 407 g/mol. The summed E-state index contributed by atoms with van der Waals surface area (Å²) in [6, 6.07) is 18.9. The summed E-state index contributed by atoms with van der Waals surface area (Å²) < 4.78 is 11.0. The highest BCUT2D eigenvalue weighted by Crippen LogP contribution is 2.26. The van der Waals surface area contributed by atoms with Crippen molar-refractivity contribution < 1.29 is 19.1 Å². The zero-order valence-electron chi connectivity index (χ0n) is 16.0. The molecule has 0 saturated heterocycles. The van der Waals surface area contributed by atoms with E-state index < -0.39 is 12.1 Å². The van der Waals surface area contributed by atoms with Crippen molar-refractivity contribution >= 4 is 23.2 Å². The highest BCUT2D eigenvalue weighted by molar-refractivity contribution is 7.09. The third kappa shape index (κ3) is 4.17. The predicted molar refractivity (Wildman–Crippen MR) is 111 cm³/mol. The Kier molecular flexibility index (Phi) is 5.62. The molecule has 1 aliphatic rings. The molecule has 0 aliphatic carbocycles. The summed E-state index contributed by atoms with van der Waals surface area (Å²) in [6.45, 7) is 0.820. The molecule has 4 rings (SSSR count). The number of carbonyl (C=O) groups excluding carboxylic acids is 2. The van der Waals surface area contributed by atoms with Gasteiger partial charge in [0.25, 0.3) is 5.91 Å². The second kappa shape index (κ2) is 8.49. The van der Waals surface area contributed by atoms with Crippen molar-refractivity contribution in [1.82, 2.24) is 4.90 Å². The molecule has 2 aromatic carbocycles. The lowest BCUT2D eigenvalue weighted by molar-refractivity contribution is -0.142. The van der Waals surface area contributed by atoms with Crippen molar-refractivity contribution in [2.45, 2.75) is 25.6 Å². The van der Waals surface area contributed by atoms with Crippen LogP contribution in [0.3, 0.4) is 0 Å². The van der Waals surface area contributed by atoms with Crippen LogP contribution in [0.2, 0.25) is 0 Å². The molecular weight excluding hydrogens is 386 g/mol. The van der Waals surface area contributed by atoms with Crippen molar-refractivity contribution in [1.29, 1.82) is 0 Å². The molecule has 6 heteroatoms. The Hall–Kier alpha value is -3.12. The van der Waals surface area contributed by atoms with E-state index in [1.165, 1.54) is 0 Å². The van der Waals surface area contributed by atoms with Gasteiger partial charge in [-0.15, -0.1) is 11.3 Å². The number of fused-ring (bicyclic) bond motifs is 1. The number of ether oxygens (including phenoxy) is 2. The minimum absolute atomic E-state index is 0.202. The lowest BCUT2D eigenvalue weighted by Gasteiger charge is -2.30. The first kappa shape index (κ1) is 19.2. The Morgan fingerprint density at radius 2 is 1.90 bits per heavy atom. The molecule has 0 spiro atoms. The highest BCUT2D eigenvalue weighted by Gasteiger charge is 2.34. The van der Waals surface area contributed by atoms with Gasteiger partial charge in [0.1, 0.15) is 5.75 Å². The number of thiophene rings is 1. The number of benzene rings is 2. The monoisotopic (exact) mass is 407 g/mol. The van der Waals surface area contributed by atoms with Crippen LogP contribution in [0.15, 0.2) is 66.0 Å². The topological polar surface area (TPSA) is 55.8 Å². The molecule has 0 unspecified atom stereocenters. The quantitative estimate of drug-likeness (QED) is 0.578.